The van der Waals surface area contributed by atoms with Gasteiger partial charge in [0.2, 0.25) is 0 Å². The minimum atomic E-state index is -3.12. The van der Waals surface area contributed by atoms with Gasteiger partial charge in [-0.3, -0.25) is 0 Å². The molecule has 1 N–H and O–H groups in total. The smallest absolute Gasteiger partial charge is 0.262 e. The van der Waals surface area contributed by atoms with E-state index in [0.29, 0.717) is 0 Å². The first-order valence-corrected chi connectivity index (χ1v) is 13.7. The van der Waals surface area contributed by atoms with Crippen molar-refractivity contribution in [2.24, 2.45) is 0 Å². The molecular weight excluding hydrogens is 531 g/mol. The number of nitrogens with one attached hydrogen (secondary N) is 1. The number of aromatic nitrogens is 4. The molecule has 37 heavy (non-hydrogen) atoms. The van der Waals surface area contributed by atoms with Crippen molar-refractivity contribution in [3.8, 4) is 17.3 Å². The molecular formula is C24H18ClF4N6OP. The summed E-state index contributed by atoms with van der Waals surface area (Å²) in [4.78, 5) is 16.5. The highest BCUT2D eigenvalue weighted by molar-refractivity contribution is 7.69. The number of nitriles is 1. The predicted octanol–water partition coefficient (Wildman–Crippen LogP) is 5.86. The number of benzene rings is 1. The Kier molecular flexibility index (Phi) is 7.18. The van der Waals surface area contributed by atoms with Gasteiger partial charge in [0.25, 0.3) is 6.43 Å². The van der Waals surface area contributed by atoms with Gasteiger partial charge in [0.15, 0.2) is 11.4 Å². The zero-order valence-corrected chi connectivity index (χ0v) is 21.3. The molecule has 1 aromatic carbocycles. The molecule has 4 rings (SSSR count). The van der Waals surface area contributed by atoms with Crippen molar-refractivity contribution < 1.29 is 22.1 Å². The second-order valence-corrected chi connectivity index (χ2v) is 12.0. The fraction of sp³-hybridized carbons (Fsp3) is 0.208. The van der Waals surface area contributed by atoms with Gasteiger partial charge in [-0.1, -0.05) is 11.6 Å². The zero-order chi connectivity index (χ0) is 27.1. The summed E-state index contributed by atoms with van der Waals surface area (Å²) in [5.41, 5.74) is -0.441. The summed E-state index contributed by atoms with van der Waals surface area (Å²) < 4.78 is 70.1. The van der Waals surface area contributed by atoms with Gasteiger partial charge in [-0.15, -0.1) is 0 Å². The SMILES string of the molecule is Cc1nc2cc(F)c(-c3cnc(P(C)(C)=O)nc3)nc2c(NC(c2cc(C#N)ccc2F)C(F)F)c1Cl. The van der Waals surface area contributed by atoms with Gasteiger partial charge in [0.1, 0.15) is 30.2 Å². The van der Waals surface area contributed by atoms with E-state index in [4.69, 9.17) is 16.9 Å². The minimum Gasteiger partial charge on any atom is -0.370 e. The molecule has 190 valence electrons. The normalized spacial score (nSPS) is 12.5. The average molecular weight is 549 g/mol. The van der Waals surface area contributed by atoms with Crippen LogP contribution in [0.4, 0.5) is 23.2 Å². The largest absolute Gasteiger partial charge is 0.370 e. The lowest BCUT2D eigenvalue weighted by Gasteiger charge is -2.22. The Morgan fingerprint density at radius 1 is 1.08 bits per heavy atom. The summed E-state index contributed by atoms with van der Waals surface area (Å²) in [5.74, 6) is -1.75. The molecule has 0 radical (unpaired) electrons. The molecule has 0 fully saturated rings. The first-order valence-electron chi connectivity index (χ1n) is 10.7. The molecule has 7 nitrogen and oxygen atoms in total. The molecule has 0 bridgehead atoms. The predicted molar refractivity (Wildman–Crippen MR) is 133 cm³/mol. The number of hydrogen-bond acceptors (Lipinski definition) is 7. The van der Waals surface area contributed by atoms with Gasteiger partial charge in [0.05, 0.1) is 33.6 Å². The van der Waals surface area contributed by atoms with Crippen LogP contribution in [0.2, 0.25) is 5.02 Å². The van der Waals surface area contributed by atoms with E-state index in [2.05, 4.69) is 25.3 Å². The van der Waals surface area contributed by atoms with Crippen LogP contribution in [0, 0.1) is 29.9 Å². The quantitative estimate of drug-likeness (QED) is 0.237. The van der Waals surface area contributed by atoms with Crippen molar-refractivity contribution >= 4 is 41.0 Å². The Bertz CT molecular complexity index is 1600. The van der Waals surface area contributed by atoms with E-state index in [1.165, 1.54) is 38.7 Å². The number of alkyl halides is 2. The Morgan fingerprint density at radius 3 is 2.35 bits per heavy atom. The lowest BCUT2D eigenvalue weighted by atomic mass is 10.0. The van der Waals surface area contributed by atoms with Crippen molar-refractivity contribution in [1.82, 2.24) is 19.9 Å². The third-order valence-electron chi connectivity index (χ3n) is 5.42. The van der Waals surface area contributed by atoms with Crippen LogP contribution in [0.15, 0.2) is 36.7 Å². The van der Waals surface area contributed by atoms with Gasteiger partial charge in [-0.2, -0.15) is 5.26 Å². The van der Waals surface area contributed by atoms with Crippen LogP contribution in [-0.4, -0.2) is 39.7 Å². The Balaban J connectivity index is 1.89. The molecule has 0 aliphatic heterocycles. The molecule has 0 amide bonds. The summed E-state index contributed by atoms with van der Waals surface area (Å²) >= 11 is 6.41. The van der Waals surface area contributed by atoms with E-state index in [-0.39, 0.29) is 49.8 Å². The van der Waals surface area contributed by atoms with Crippen LogP contribution in [0.5, 0.6) is 0 Å². The summed E-state index contributed by atoms with van der Waals surface area (Å²) in [7, 11) is -2.76. The maximum atomic E-state index is 15.0. The Morgan fingerprint density at radius 2 is 1.76 bits per heavy atom. The molecule has 1 unspecified atom stereocenters. The third kappa shape index (κ3) is 5.26. The van der Waals surface area contributed by atoms with Crippen LogP contribution in [0.1, 0.15) is 22.9 Å². The molecule has 4 aromatic rings. The lowest BCUT2D eigenvalue weighted by molar-refractivity contribution is 0.123. The minimum absolute atomic E-state index is 0.00840. The molecule has 0 aliphatic rings. The standard InChI is InChI=1S/C24H18ClF4N6OP/c1-11-18(25)22(35-20(23(28)29)14-6-12(8-30)4-5-15(14)26)21-17(33-11)7-16(27)19(34-21)13-9-31-24(32-10-13)37(2,3)36/h4-7,9-10,20,23H,1-3H3,(H,33,35). The van der Waals surface area contributed by atoms with Crippen molar-refractivity contribution in [2.75, 3.05) is 18.6 Å². The number of nitrogens with zero attached hydrogens (tertiary/aromatic N) is 5. The number of fused-ring (bicyclic) bond motifs is 1. The summed E-state index contributed by atoms with van der Waals surface area (Å²) in [6.45, 7) is 4.46. The van der Waals surface area contributed by atoms with E-state index in [0.717, 1.165) is 18.2 Å². The molecule has 3 heterocycles. The topological polar surface area (TPSA) is 104 Å². The maximum absolute atomic E-state index is 15.0. The number of pyridine rings is 2. The molecule has 1 atom stereocenters. The second kappa shape index (κ2) is 10.0. The Labute approximate surface area is 213 Å². The van der Waals surface area contributed by atoms with Crippen molar-refractivity contribution in [2.45, 2.75) is 19.4 Å². The fourth-order valence-electron chi connectivity index (χ4n) is 3.60. The van der Waals surface area contributed by atoms with E-state index in [1.54, 1.807) is 6.07 Å². The lowest BCUT2D eigenvalue weighted by Crippen LogP contribution is -2.21. The van der Waals surface area contributed by atoms with Crippen molar-refractivity contribution in [3.63, 3.8) is 0 Å². The number of aryl methyl sites for hydroxylation is 1. The number of hydrogen-bond donors (Lipinski definition) is 1. The average Bonchev–Trinajstić information content (AvgIpc) is 2.84. The Hall–Kier alpha value is -3.61. The number of rotatable bonds is 6. The number of halogens is 5. The van der Waals surface area contributed by atoms with Crippen LogP contribution in [0.25, 0.3) is 22.3 Å². The van der Waals surface area contributed by atoms with Gasteiger partial charge in [0, 0.05) is 29.6 Å². The highest BCUT2D eigenvalue weighted by Crippen LogP contribution is 2.38. The molecule has 13 heteroatoms. The highest BCUT2D eigenvalue weighted by Gasteiger charge is 2.29. The first kappa shape index (κ1) is 26.5. The zero-order valence-electron chi connectivity index (χ0n) is 19.6. The van der Waals surface area contributed by atoms with Crippen molar-refractivity contribution in [3.05, 3.63) is 70.1 Å². The molecule has 0 saturated carbocycles. The maximum Gasteiger partial charge on any atom is 0.262 e. The molecule has 0 saturated heterocycles. The van der Waals surface area contributed by atoms with Gasteiger partial charge in [-0.05, 0) is 38.5 Å². The van der Waals surface area contributed by atoms with Gasteiger partial charge in [-0.25, -0.2) is 37.5 Å². The van der Waals surface area contributed by atoms with Crippen LogP contribution in [0.3, 0.4) is 0 Å². The number of anilines is 1. The monoisotopic (exact) mass is 548 g/mol. The van der Waals surface area contributed by atoms with Crippen LogP contribution in [-0.2, 0) is 4.57 Å². The summed E-state index contributed by atoms with van der Waals surface area (Å²) in [6.07, 6.45) is -0.622. The molecule has 0 aliphatic carbocycles. The molecule has 3 aromatic heterocycles. The summed E-state index contributed by atoms with van der Waals surface area (Å²) in [6, 6.07) is 4.03. The van der Waals surface area contributed by atoms with Crippen LogP contribution >= 0.6 is 18.7 Å². The van der Waals surface area contributed by atoms with Gasteiger partial charge >= 0.3 is 0 Å². The van der Waals surface area contributed by atoms with E-state index in [9.17, 15) is 17.7 Å². The summed E-state index contributed by atoms with van der Waals surface area (Å²) in [5, 5.41) is 11.6. The van der Waals surface area contributed by atoms with E-state index < -0.39 is 36.8 Å². The van der Waals surface area contributed by atoms with Crippen LogP contribution < -0.4 is 10.9 Å². The fourth-order valence-corrected chi connectivity index (χ4v) is 4.46. The van der Waals surface area contributed by atoms with Crippen molar-refractivity contribution in [1.29, 1.82) is 5.26 Å². The van der Waals surface area contributed by atoms with Gasteiger partial charge < -0.3 is 9.88 Å². The first-order chi connectivity index (χ1) is 17.4. The van der Waals surface area contributed by atoms with E-state index in [1.807, 2.05) is 0 Å². The highest BCUT2D eigenvalue weighted by atomic mass is 35.5. The second-order valence-electron chi connectivity index (χ2n) is 8.50. The molecule has 0 spiro atoms. The third-order valence-corrected chi connectivity index (χ3v) is 7.08. The van der Waals surface area contributed by atoms with E-state index >= 15 is 4.39 Å².